The summed E-state index contributed by atoms with van der Waals surface area (Å²) in [5.74, 6) is -0.376. The Morgan fingerprint density at radius 3 is 2.76 bits per heavy atom. The number of esters is 1. The van der Waals surface area contributed by atoms with Crippen LogP contribution < -0.4 is 0 Å². The van der Waals surface area contributed by atoms with E-state index in [0.29, 0.717) is 12.1 Å². The minimum absolute atomic E-state index is 0.376. The van der Waals surface area contributed by atoms with Crippen LogP contribution in [0.1, 0.15) is 21.6 Å². The van der Waals surface area contributed by atoms with E-state index in [1.807, 2.05) is 13.1 Å². The topological polar surface area (TPSA) is 57.0 Å². The third-order valence-corrected chi connectivity index (χ3v) is 2.33. The molecule has 0 amide bonds. The van der Waals surface area contributed by atoms with Gasteiger partial charge in [0.05, 0.1) is 31.1 Å². The quantitative estimate of drug-likeness (QED) is 0.750. The number of rotatable bonds is 3. The van der Waals surface area contributed by atoms with Crippen LogP contribution in [0.5, 0.6) is 0 Å². The number of nitrogens with zero attached hydrogens (tertiary/aromatic N) is 3. The van der Waals surface area contributed by atoms with E-state index in [4.69, 9.17) is 0 Å². The normalized spacial score (nSPS) is 10.2. The van der Waals surface area contributed by atoms with E-state index in [0.717, 1.165) is 11.3 Å². The molecule has 17 heavy (non-hydrogen) atoms. The van der Waals surface area contributed by atoms with Crippen molar-refractivity contribution >= 4 is 5.97 Å². The fraction of sp³-hybridized carbons (Fsp3) is 0.250. The Balaban J connectivity index is 2.10. The molecule has 0 bridgehead atoms. The van der Waals surface area contributed by atoms with Crippen LogP contribution >= 0.6 is 0 Å². The summed E-state index contributed by atoms with van der Waals surface area (Å²) in [6, 6.07) is 3.49. The average molecular weight is 231 g/mol. The number of carbonyl (C=O) groups is 1. The van der Waals surface area contributed by atoms with Crippen molar-refractivity contribution in [1.29, 1.82) is 0 Å². The molecule has 0 saturated carbocycles. The summed E-state index contributed by atoms with van der Waals surface area (Å²) in [7, 11) is 1.35. The van der Waals surface area contributed by atoms with Crippen molar-refractivity contribution in [2.45, 2.75) is 13.5 Å². The third-order valence-electron chi connectivity index (χ3n) is 2.33. The van der Waals surface area contributed by atoms with E-state index in [1.165, 1.54) is 13.3 Å². The molecule has 0 aliphatic carbocycles. The van der Waals surface area contributed by atoms with Crippen molar-refractivity contribution < 1.29 is 9.53 Å². The summed E-state index contributed by atoms with van der Waals surface area (Å²) >= 11 is 0. The van der Waals surface area contributed by atoms with Crippen molar-refractivity contribution in [3.05, 3.63) is 47.5 Å². The first-order chi connectivity index (χ1) is 8.19. The second-order valence-electron chi connectivity index (χ2n) is 3.75. The lowest BCUT2D eigenvalue weighted by Gasteiger charge is -2.02. The lowest BCUT2D eigenvalue weighted by Crippen LogP contribution is -2.05. The molecular weight excluding hydrogens is 218 g/mol. The molecule has 0 radical (unpaired) electrons. The molecule has 2 aromatic heterocycles. The number of aromatic nitrogens is 3. The van der Waals surface area contributed by atoms with Gasteiger partial charge in [0.15, 0.2) is 0 Å². The number of hydrogen-bond donors (Lipinski definition) is 0. The number of aryl methyl sites for hydroxylation is 1. The smallest absolute Gasteiger partial charge is 0.339 e. The Morgan fingerprint density at radius 1 is 1.41 bits per heavy atom. The fourth-order valence-corrected chi connectivity index (χ4v) is 1.48. The molecule has 0 N–H and O–H groups in total. The third kappa shape index (κ3) is 2.69. The number of methoxy groups -OCH3 is 1. The minimum atomic E-state index is -0.376. The molecule has 2 heterocycles. The molecule has 5 heteroatoms. The highest BCUT2D eigenvalue weighted by Gasteiger charge is 2.05. The van der Waals surface area contributed by atoms with Gasteiger partial charge < -0.3 is 4.74 Å². The Kier molecular flexibility index (Phi) is 3.18. The van der Waals surface area contributed by atoms with Crippen LogP contribution in [-0.4, -0.2) is 27.8 Å². The largest absolute Gasteiger partial charge is 0.465 e. The summed E-state index contributed by atoms with van der Waals surface area (Å²) in [4.78, 5) is 15.4. The summed E-state index contributed by atoms with van der Waals surface area (Å²) in [6.45, 7) is 2.58. The maximum atomic E-state index is 11.2. The molecular formula is C12H13N3O2. The number of ether oxygens (including phenoxy) is 1. The highest BCUT2D eigenvalue weighted by Crippen LogP contribution is 2.04. The van der Waals surface area contributed by atoms with Gasteiger partial charge in [0.2, 0.25) is 0 Å². The van der Waals surface area contributed by atoms with E-state index in [9.17, 15) is 4.79 Å². The van der Waals surface area contributed by atoms with Crippen LogP contribution in [0, 0.1) is 6.92 Å². The summed E-state index contributed by atoms with van der Waals surface area (Å²) < 4.78 is 6.40. The van der Waals surface area contributed by atoms with E-state index >= 15 is 0 Å². The fourth-order valence-electron chi connectivity index (χ4n) is 1.48. The van der Waals surface area contributed by atoms with Gasteiger partial charge in [0.25, 0.3) is 0 Å². The molecule has 5 nitrogen and oxygen atoms in total. The Hall–Kier alpha value is -2.17. The molecule has 0 spiro atoms. The zero-order valence-corrected chi connectivity index (χ0v) is 9.75. The summed E-state index contributed by atoms with van der Waals surface area (Å²) in [5.41, 5.74) is 2.41. The average Bonchev–Trinajstić information content (AvgIpc) is 2.75. The second-order valence-corrected chi connectivity index (χ2v) is 3.75. The predicted molar refractivity (Wildman–Crippen MR) is 61.6 cm³/mol. The van der Waals surface area contributed by atoms with E-state index in [-0.39, 0.29) is 5.97 Å². The highest BCUT2D eigenvalue weighted by atomic mass is 16.5. The molecule has 0 fully saturated rings. The maximum absolute atomic E-state index is 11.2. The zero-order chi connectivity index (χ0) is 12.3. The molecule has 2 rings (SSSR count). The van der Waals surface area contributed by atoms with Crippen LogP contribution in [0.25, 0.3) is 0 Å². The van der Waals surface area contributed by atoms with Crippen molar-refractivity contribution in [2.24, 2.45) is 0 Å². The molecule has 2 aromatic rings. The maximum Gasteiger partial charge on any atom is 0.339 e. The zero-order valence-electron chi connectivity index (χ0n) is 9.75. The molecule has 0 aliphatic rings. The van der Waals surface area contributed by atoms with Gasteiger partial charge in [0.1, 0.15) is 0 Å². The van der Waals surface area contributed by atoms with E-state index in [1.54, 1.807) is 23.0 Å². The van der Waals surface area contributed by atoms with E-state index < -0.39 is 0 Å². The van der Waals surface area contributed by atoms with Crippen LogP contribution in [0.3, 0.4) is 0 Å². The van der Waals surface area contributed by atoms with Gasteiger partial charge in [0, 0.05) is 12.4 Å². The van der Waals surface area contributed by atoms with Crippen molar-refractivity contribution in [2.75, 3.05) is 7.11 Å². The van der Waals surface area contributed by atoms with Gasteiger partial charge in [-0.15, -0.1) is 0 Å². The highest BCUT2D eigenvalue weighted by molar-refractivity contribution is 5.88. The minimum Gasteiger partial charge on any atom is -0.465 e. The first kappa shape index (κ1) is 11.3. The Morgan fingerprint density at radius 2 is 2.24 bits per heavy atom. The van der Waals surface area contributed by atoms with Gasteiger partial charge in [-0.3, -0.25) is 9.67 Å². The van der Waals surface area contributed by atoms with Gasteiger partial charge in [-0.05, 0) is 24.6 Å². The molecule has 0 unspecified atom stereocenters. The molecule has 0 aliphatic heterocycles. The standard InChI is InChI=1S/C12H13N3O2/c1-9-5-14-15(7-9)8-11-4-3-10(6-13-11)12(16)17-2/h3-7H,8H2,1-2H3. The SMILES string of the molecule is COC(=O)c1ccc(Cn2cc(C)cn2)nc1. The lowest BCUT2D eigenvalue weighted by atomic mass is 10.2. The van der Waals surface area contributed by atoms with Gasteiger partial charge in [-0.2, -0.15) is 5.10 Å². The summed E-state index contributed by atoms with van der Waals surface area (Å²) in [5, 5.41) is 4.17. The molecule has 88 valence electrons. The molecule has 0 atom stereocenters. The number of pyridine rings is 1. The predicted octanol–water partition coefficient (Wildman–Crippen LogP) is 1.42. The van der Waals surface area contributed by atoms with Gasteiger partial charge >= 0.3 is 5.97 Å². The number of hydrogen-bond acceptors (Lipinski definition) is 4. The summed E-state index contributed by atoms with van der Waals surface area (Å²) in [6.07, 6.45) is 5.25. The van der Waals surface area contributed by atoms with Crippen molar-refractivity contribution in [1.82, 2.24) is 14.8 Å². The van der Waals surface area contributed by atoms with Gasteiger partial charge in [-0.25, -0.2) is 4.79 Å². The number of carbonyl (C=O) groups excluding carboxylic acids is 1. The van der Waals surface area contributed by atoms with Crippen LogP contribution in [0.2, 0.25) is 0 Å². The second kappa shape index (κ2) is 4.78. The van der Waals surface area contributed by atoms with Crippen molar-refractivity contribution in [3.8, 4) is 0 Å². The first-order valence-electron chi connectivity index (χ1n) is 5.21. The lowest BCUT2D eigenvalue weighted by molar-refractivity contribution is 0.0600. The van der Waals surface area contributed by atoms with Crippen LogP contribution in [-0.2, 0) is 11.3 Å². The molecule has 0 aromatic carbocycles. The molecule has 0 saturated heterocycles. The Labute approximate surface area is 99.1 Å². The first-order valence-corrected chi connectivity index (χ1v) is 5.21. The Bertz CT molecular complexity index is 517. The van der Waals surface area contributed by atoms with Crippen LogP contribution in [0.4, 0.5) is 0 Å². The monoisotopic (exact) mass is 231 g/mol. The van der Waals surface area contributed by atoms with Gasteiger partial charge in [-0.1, -0.05) is 0 Å². The van der Waals surface area contributed by atoms with E-state index in [2.05, 4.69) is 14.8 Å². The van der Waals surface area contributed by atoms with Crippen LogP contribution in [0.15, 0.2) is 30.7 Å². The van der Waals surface area contributed by atoms with Crippen molar-refractivity contribution in [3.63, 3.8) is 0 Å².